The number of ether oxygens (including phenoxy) is 3. The lowest BCUT2D eigenvalue weighted by atomic mass is 9.99. The van der Waals surface area contributed by atoms with Crippen LogP contribution in [0.5, 0.6) is 17.2 Å². The summed E-state index contributed by atoms with van der Waals surface area (Å²) in [6.45, 7) is 0.105. The number of nitrogens with zero attached hydrogens (tertiary/aromatic N) is 5. The number of fused-ring (bicyclic) bond motifs is 9. The van der Waals surface area contributed by atoms with Crippen molar-refractivity contribution in [3.05, 3.63) is 102 Å². The van der Waals surface area contributed by atoms with Crippen molar-refractivity contribution < 1.29 is 33.0 Å². The molecule has 5 aromatic rings. The molecule has 2 atom stereocenters. The van der Waals surface area contributed by atoms with Crippen LogP contribution in [0, 0.1) is 5.82 Å². The smallest absolute Gasteiger partial charge is 0.293 e. The van der Waals surface area contributed by atoms with E-state index < -0.39 is 35.7 Å². The van der Waals surface area contributed by atoms with Gasteiger partial charge in [0, 0.05) is 55.6 Å². The number of nitrogens with one attached hydrogen (secondary N) is 2. The van der Waals surface area contributed by atoms with E-state index in [1.54, 1.807) is 65.8 Å². The standard InChI is InChI=1S/C34H30FN7O6/c1-46-28-7-6-22-15-26(28)21-4-2-5-24(14-21)47-19-30(43)37-17-20-12-23(35)16-25(13-20)48-29-8-11-41(18-27(29)38-32(22)44)33(45)31-39-34-36-9-3-10-42(34)40-31/h2-7,9-10,12-16,27,29H,8,11,17-19H2,1H3,(H,37,43)(H,38,44)/t27-,29-/m1/s1. The Hall–Kier alpha value is -6.05. The molecule has 7 rings (SSSR count). The lowest BCUT2D eigenvalue weighted by molar-refractivity contribution is -0.123. The van der Waals surface area contributed by atoms with Gasteiger partial charge < -0.3 is 29.7 Å². The van der Waals surface area contributed by atoms with Gasteiger partial charge >= 0.3 is 0 Å². The molecule has 1 fully saturated rings. The Morgan fingerprint density at radius 3 is 2.79 bits per heavy atom. The molecule has 2 aliphatic rings. The molecule has 4 heterocycles. The number of carbonyl (C=O) groups is 3. The molecule has 3 aromatic carbocycles. The number of hydrogen-bond acceptors (Lipinski definition) is 9. The molecule has 48 heavy (non-hydrogen) atoms. The molecule has 0 saturated carbocycles. The van der Waals surface area contributed by atoms with Gasteiger partial charge in [-0.25, -0.2) is 13.9 Å². The maximum Gasteiger partial charge on any atom is 0.293 e. The maximum absolute atomic E-state index is 14.7. The van der Waals surface area contributed by atoms with Gasteiger partial charge in [-0.1, -0.05) is 12.1 Å². The van der Waals surface area contributed by atoms with Crippen molar-refractivity contribution in [3.8, 4) is 28.4 Å². The summed E-state index contributed by atoms with van der Waals surface area (Å²) in [5.74, 6) is -0.364. The second kappa shape index (κ2) is 13.0. The van der Waals surface area contributed by atoms with Crippen molar-refractivity contribution in [1.29, 1.82) is 0 Å². The van der Waals surface area contributed by atoms with Gasteiger partial charge in [-0.2, -0.15) is 4.98 Å². The van der Waals surface area contributed by atoms with Gasteiger partial charge in [0.05, 0.1) is 13.2 Å². The van der Waals surface area contributed by atoms with Crippen molar-refractivity contribution in [3.63, 3.8) is 0 Å². The van der Waals surface area contributed by atoms with Crippen molar-refractivity contribution in [2.75, 3.05) is 26.8 Å². The fourth-order valence-corrected chi connectivity index (χ4v) is 5.81. The van der Waals surface area contributed by atoms with E-state index in [0.717, 1.165) is 0 Å². The Labute approximate surface area is 273 Å². The summed E-state index contributed by atoms with van der Waals surface area (Å²) in [5.41, 5.74) is 2.14. The van der Waals surface area contributed by atoms with Crippen LogP contribution in [0.1, 0.15) is 33.0 Å². The summed E-state index contributed by atoms with van der Waals surface area (Å²) in [6, 6.07) is 17.2. The molecular weight excluding hydrogens is 621 g/mol. The van der Waals surface area contributed by atoms with Crippen LogP contribution in [-0.4, -0.2) is 81.2 Å². The van der Waals surface area contributed by atoms with E-state index in [0.29, 0.717) is 40.2 Å². The second-order valence-electron chi connectivity index (χ2n) is 11.4. The quantitative estimate of drug-likeness (QED) is 0.294. The average molecular weight is 652 g/mol. The lowest BCUT2D eigenvalue weighted by Gasteiger charge is -2.38. The van der Waals surface area contributed by atoms with Crippen LogP contribution in [0.25, 0.3) is 16.9 Å². The summed E-state index contributed by atoms with van der Waals surface area (Å²) >= 11 is 0. The molecule has 2 N–H and O–H groups in total. The SMILES string of the molecule is COc1ccc2cc1-c1cccc(c1)OCC(=O)NCc1cc(F)cc(c1)O[C@@H]1CCN(C(=O)c3nc4ncccn4n3)C[C@H]1NC2=O. The molecule has 0 radical (unpaired) electrons. The van der Waals surface area contributed by atoms with Gasteiger partial charge in [-0.15, -0.1) is 5.10 Å². The Morgan fingerprint density at radius 2 is 1.94 bits per heavy atom. The van der Waals surface area contributed by atoms with Gasteiger partial charge in [0.2, 0.25) is 5.82 Å². The van der Waals surface area contributed by atoms with E-state index in [2.05, 4.69) is 25.7 Å². The van der Waals surface area contributed by atoms with E-state index in [4.69, 9.17) is 14.2 Å². The third kappa shape index (κ3) is 6.45. The van der Waals surface area contributed by atoms with E-state index in [9.17, 15) is 18.8 Å². The molecule has 14 heteroatoms. The summed E-state index contributed by atoms with van der Waals surface area (Å²) in [4.78, 5) is 50.0. The molecule has 244 valence electrons. The van der Waals surface area contributed by atoms with Crippen LogP contribution >= 0.6 is 0 Å². The van der Waals surface area contributed by atoms with E-state index in [1.807, 2.05) is 6.07 Å². The van der Waals surface area contributed by atoms with Gasteiger partial charge in [0.1, 0.15) is 29.2 Å². The first-order valence-corrected chi connectivity index (χ1v) is 15.2. The van der Waals surface area contributed by atoms with E-state index >= 15 is 0 Å². The minimum absolute atomic E-state index is 0.0293. The van der Waals surface area contributed by atoms with Crippen LogP contribution in [0.15, 0.2) is 79.1 Å². The van der Waals surface area contributed by atoms with Crippen LogP contribution < -0.4 is 24.8 Å². The Morgan fingerprint density at radius 1 is 1.04 bits per heavy atom. The number of hydrogen-bond donors (Lipinski definition) is 2. The van der Waals surface area contributed by atoms with Gasteiger partial charge in [0.15, 0.2) is 6.61 Å². The number of piperidine rings is 1. The molecule has 0 aliphatic carbocycles. The molecule has 6 bridgehead atoms. The average Bonchev–Trinajstić information content (AvgIpc) is 3.54. The summed E-state index contributed by atoms with van der Waals surface area (Å²) in [5, 5.41) is 10.1. The summed E-state index contributed by atoms with van der Waals surface area (Å²) < 4.78 is 33.8. The highest BCUT2D eigenvalue weighted by atomic mass is 19.1. The number of rotatable bonds is 2. The molecule has 0 unspecified atom stereocenters. The minimum atomic E-state index is -0.707. The highest BCUT2D eigenvalue weighted by Gasteiger charge is 2.36. The minimum Gasteiger partial charge on any atom is -0.496 e. The second-order valence-corrected chi connectivity index (χ2v) is 11.4. The number of carbonyl (C=O) groups excluding carboxylic acids is 3. The first-order valence-electron chi connectivity index (χ1n) is 15.2. The summed E-state index contributed by atoms with van der Waals surface area (Å²) in [6.07, 6.45) is 2.87. The van der Waals surface area contributed by atoms with Crippen LogP contribution in [0.4, 0.5) is 4.39 Å². The zero-order valence-corrected chi connectivity index (χ0v) is 25.8. The largest absolute Gasteiger partial charge is 0.496 e. The number of methoxy groups -OCH3 is 1. The predicted molar refractivity (Wildman–Crippen MR) is 169 cm³/mol. The number of benzene rings is 3. The molecule has 3 amide bonds. The fraction of sp³-hybridized carbons (Fsp3) is 0.235. The number of aromatic nitrogens is 4. The topological polar surface area (TPSA) is 149 Å². The molecular formula is C34H30FN7O6. The highest BCUT2D eigenvalue weighted by molar-refractivity contribution is 5.96. The van der Waals surface area contributed by atoms with E-state index in [-0.39, 0.29) is 43.6 Å². The van der Waals surface area contributed by atoms with Crippen molar-refractivity contribution >= 4 is 23.5 Å². The Kier molecular flexibility index (Phi) is 8.28. The number of halogens is 1. The molecule has 1 saturated heterocycles. The number of likely N-dealkylation sites (tertiary alicyclic amines) is 1. The molecule has 2 aliphatic heterocycles. The Balaban J connectivity index is 1.24. The molecule has 13 nitrogen and oxygen atoms in total. The number of amides is 3. The molecule has 2 aromatic heterocycles. The predicted octanol–water partition coefficient (Wildman–Crippen LogP) is 3.04. The third-order valence-electron chi connectivity index (χ3n) is 8.15. The van der Waals surface area contributed by atoms with Crippen molar-refractivity contribution in [1.82, 2.24) is 35.1 Å². The Bertz CT molecular complexity index is 2000. The first-order chi connectivity index (χ1) is 23.3. The normalized spacial score (nSPS) is 18.2. The zero-order chi connectivity index (χ0) is 33.2. The van der Waals surface area contributed by atoms with Crippen LogP contribution in [0.3, 0.4) is 0 Å². The van der Waals surface area contributed by atoms with Gasteiger partial charge in [-0.05, 0) is 59.7 Å². The first kappa shape index (κ1) is 30.6. The third-order valence-corrected chi connectivity index (χ3v) is 8.15. The van der Waals surface area contributed by atoms with E-state index in [1.165, 1.54) is 23.8 Å². The maximum atomic E-state index is 14.7. The van der Waals surface area contributed by atoms with Crippen LogP contribution in [-0.2, 0) is 11.3 Å². The monoisotopic (exact) mass is 651 g/mol. The lowest BCUT2D eigenvalue weighted by Crippen LogP contribution is -2.58. The van der Waals surface area contributed by atoms with Crippen molar-refractivity contribution in [2.24, 2.45) is 0 Å². The van der Waals surface area contributed by atoms with Gasteiger partial charge in [0.25, 0.3) is 23.5 Å². The molecule has 0 spiro atoms. The van der Waals surface area contributed by atoms with Gasteiger partial charge in [-0.3, -0.25) is 14.4 Å². The fourth-order valence-electron chi connectivity index (χ4n) is 5.81. The summed E-state index contributed by atoms with van der Waals surface area (Å²) in [7, 11) is 1.53. The highest BCUT2D eigenvalue weighted by Crippen LogP contribution is 2.33. The van der Waals surface area contributed by atoms with Crippen LogP contribution in [0.2, 0.25) is 0 Å². The zero-order valence-electron chi connectivity index (χ0n) is 25.8. The van der Waals surface area contributed by atoms with Crippen molar-refractivity contribution in [2.45, 2.75) is 25.1 Å².